The predicted molar refractivity (Wildman–Crippen MR) is 100 cm³/mol. The Morgan fingerprint density at radius 2 is 1.65 bits per heavy atom. The molecule has 2 aliphatic rings. The molecule has 1 aliphatic carbocycles. The molecule has 3 rings (SSSR count). The molecular weight excluding hydrogens is 330 g/mol. The Labute approximate surface area is 155 Å². The third kappa shape index (κ3) is 3.69. The van der Waals surface area contributed by atoms with Gasteiger partial charge in [-0.15, -0.1) is 0 Å². The molecule has 0 spiro atoms. The number of pyridine rings is 1. The average molecular weight is 359 g/mol. The van der Waals surface area contributed by atoms with Gasteiger partial charge in [0.1, 0.15) is 11.4 Å². The molecule has 0 aromatic carbocycles. The fourth-order valence-electron chi connectivity index (χ4n) is 4.22. The lowest BCUT2D eigenvalue weighted by atomic mass is 9.80. The summed E-state index contributed by atoms with van der Waals surface area (Å²) in [4.78, 5) is 33.0. The summed E-state index contributed by atoms with van der Waals surface area (Å²) < 4.78 is 0. The minimum Gasteiger partial charge on any atom is -0.479 e. The number of likely N-dealkylation sites (N-methyl/N-ethyl adjacent to an activating group) is 1. The standard InChI is InChI=1S/C20H29N3O3/c1-22(20(19(25)26)11-5-4-6-12-20)18(24)16-9-10-17(21-15-16)23-13-7-2-3-8-14-23/h9-10,15H,2-8,11-14H2,1H3,(H,25,26). The number of hydrogen-bond acceptors (Lipinski definition) is 4. The van der Waals surface area contributed by atoms with Gasteiger partial charge in [0.25, 0.3) is 5.91 Å². The number of aliphatic carboxylic acids is 1. The highest BCUT2D eigenvalue weighted by Crippen LogP contribution is 2.34. The fourth-order valence-corrected chi connectivity index (χ4v) is 4.22. The first-order valence-corrected chi connectivity index (χ1v) is 9.77. The van der Waals surface area contributed by atoms with Crippen LogP contribution in [0.1, 0.15) is 68.1 Å². The maximum atomic E-state index is 12.9. The summed E-state index contributed by atoms with van der Waals surface area (Å²) in [6.45, 7) is 2.00. The monoisotopic (exact) mass is 359 g/mol. The number of hydrogen-bond donors (Lipinski definition) is 1. The van der Waals surface area contributed by atoms with Crippen LogP contribution < -0.4 is 4.90 Å². The van der Waals surface area contributed by atoms with E-state index in [1.807, 2.05) is 6.07 Å². The van der Waals surface area contributed by atoms with Crippen molar-refractivity contribution >= 4 is 17.7 Å². The van der Waals surface area contributed by atoms with Gasteiger partial charge in [0.15, 0.2) is 0 Å². The molecule has 0 atom stereocenters. The van der Waals surface area contributed by atoms with Crippen LogP contribution in [0.2, 0.25) is 0 Å². The highest BCUT2D eigenvalue weighted by molar-refractivity contribution is 5.97. The van der Waals surface area contributed by atoms with Gasteiger partial charge >= 0.3 is 5.97 Å². The van der Waals surface area contributed by atoms with E-state index in [1.54, 1.807) is 19.3 Å². The lowest BCUT2D eigenvalue weighted by molar-refractivity contribution is -0.151. The van der Waals surface area contributed by atoms with Crippen molar-refractivity contribution in [2.45, 2.75) is 63.3 Å². The van der Waals surface area contributed by atoms with Crippen LogP contribution in [0.3, 0.4) is 0 Å². The molecule has 2 heterocycles. The van der Waals surface area contributed by atoms with Crippen LogP contribution in [-0.4, -0.2) is 52.5 Å². The minimum absolute atomic E-state index is 0.260. The number of carbonyl (C=O) groups is 2. The molecule has 1 aliphatic heterocycles. The summed E-state index contributed by atoms with van der Waals surface area (Å²) in [5.74, 6) is -0.261. The number of aromatic nitrogens is 1. The van der Waals surface area contributed by atoms with Crippen LogP contribution in [0.25, 0.3) is 0 Å². The van der Waals surface area contributed by atoms with Gasteiger partial charge in [-0.1, -0.05) is 32.1 Å². The van der Waals surface area contributed by atoms with Crippen LogP contribution in [0.4, 0.5) is 5.82 Å². The molecule has 1 N–H and O–H groups in total. The number of rotatable bonds is 4. The van der Waals surface area contributed by atoms with Crippen LogP contribution in [-0.2, 0) is 4.79 Å². The van der Waals surface area contributed by atoms with E-state index in [4.69, 9.17) is 0 Å². The van der Waals surface area contributed by atoms with Crippen LogP contribution in [0, 0.1) is 0 Å². The van der Waals surface area contributed by atoms with Crippen LogP contribution >= 0.6 is 0 Å². The minimum atomic E-state index is -1.08. The SMILES string of the molecule is CN(C(=O)c1ccc(N2CCCCCC2)nc1)C1(C(=O)O)CCCCC1. The Morgan fingerprint density at radius 3 is 2.19 bits per heavy atom. The smallest absolute Gasteiger partial charge is 0.329 e. The van der Waals surface area contributed by atoms with Gasteiger partial charge in [0, 0.05) is 26.3 Å². The zero-order chi connectivity index (χ0) is 18.6. The summed E-state index contributed by atoms with van der Waals surface area (Å²) in [7, 11) is 1.62. The van der Waals surface area contributed by atoms with Gasteiger partial charge in [0.2, 0.25) is 0 Å². The Balaban J connectivity index is 1.75. The van der Waals surface area contributed by atoms with E-state index >= 15 is 0 Å². The zero-order valence-electron chi connectivity index (χ0n) is 15.6. The number of carbonyl (C=O) groups excluding carboxylic acids is 1. The van der Waals surface area contributed by atoms with E-state index in [0.29, 0.717) is 18.4 Å². The van der Waals surface area contributed by atoms with E-state index in [2.05, 4.69) is 9.88 Å². The average Bonchev–Trinajstić information content (AvgIpc) is 2.97. The van der Waals surface area contributed by atoms with Crippen molar-refractivity contribution in [3.8, 4) is 0 Å². The molecule has 1 aromatic heterocycles. The van der Waals surface area contributed by atoms with Crippen molar-refractivity contribution in [1.82, 2.24) is 9.88 Å². The van der Waals surface area contributed by atoms with E-state index in [9.17, 15) is 14.7 Å². The van der Waals surface area contributed by atoms with E-state index < -0.39 is 11.5 Å². The molecule has 6 nitrogen and oxygen atoms in total. The Hall–Kier alpha value is -2.11. The number of anilines is 1. The summed E-state index contributed by atoms with van der Waals surface area (Å²) in [5.41, 5.74) is -0.629. The topological polar surface area (TPSA) is 73.7 Å². The lowest BCUT2D eigenvalue weighted by Gasteiger charge is -2.41. The highest BCUT2D eigenvalue weighted by atomic mass is 16.4. The third-order valence-electron chi connectivity index (χ3n) is 5.95. The molecule has 1 saturated heterocycles. The fraction of sp³-hybridized carbons (Fsp3) is 0.650. The molecule has 2 fully saturated rings. The summed E-state index contributed by atoms with van der Waals surface area (Å²) in [6, 6.07) is 3.67. The second-order valence-electron chi connectivity index (χ2n) is 7.57. The Bertz CT molecular complexity index is 630. The molecule has 142 valence electrons. The summed E-state index contributed by atoms with van der Waals surface area (Å²) in [5, 5.41) is 9.78. The Morgan fingerprint density at radius 1 is 1.04 bits per heavy atom. The molecule has 0 radical (unpaired) electrons. The molecule has 1 saturated carbocycles. The maximum absolute atomic E-state index is 12.9. The Kier molecular flexibility index (Phi) is 5.79. The van der Waals surface area contributed by atoms with Crippen molar-refractivity contribution in [1.29, 1.82) is 0 Å². The quantitative estimate of drug-likeness (QED) is 0.893. The number of nitrogens with zero attached hydrogens (tertiary/aromatic N) is 3. The lowest BCUT2D eigenvalue weighted by Crippen LogP contribution is -2.56. The molecule has 1 aromatic rings. The van der Waals surface area contributed by atoms with Gasteiger partial charge in [-0.3, -0.25) is 4.79 Å². The van der Waals surface area contributed by atoms with Crippen molar-refractivity contribution < 1.29 is 14.7 Å². The van der Waals surface area contributed by atoms with Gasteiger partial charge in [-0.25, -0.2) is 9.78 Å². The van der Waals surface area contributed by atoms with Gasteiger partial charge < -0.3 is 14.9 Å². The second-order valence-corrected chi connectivity index (χ2v) is 7.57. The van der Waals surface area contributed by atoms with Crippen LogP contribution in [0.5, 0.6) is 0 Å². The van der Waals surface area contributed by atoms with Crippen molar-refractivity contribution in [2.24, 2.45) is 0 Å². The number of carboxylic acids is 1. The maximum Gasteiger partial charge on any atom is 0.329 e. The first-order valence-electron chi connectivity index (χ1n) is 9.77. The molecule has 6 heteroatoms. The zero-order valence-corrected chi connectivity index (χ0v) is 15.6. The van der Waals surface area contributed by atoms with Gasteiger partial charge in [0.05, 0.1) is 5.56 Å². The van der Waals surface area contributed by atoms with E-state index in [1.165, 1.54) is 30.6 Å². The molecule has 0 bridgehead atoms. The van der Waals surface area contributed by atoms with Crippen molar-refractivity contribution in [3.05, 3.63) is 23.9 Å². The van der Waals surface area contributed by atoms with Crippen LogP contribution in [0.15, 0.2) is 18.3 Å². The number of carboxylic acid groups (broad SMARTS) is 1. The largest absolute Gasteiger partial charge is 0.479 e. The van der Waals surface area contributed by atoms with E-state index in [0.717, 1.165) is 38.2 Å². The van der Waals surface area contributed by atoms with E-state index in [-0.39, 0.29) is 5.91 Å². The third-order valence-corrected chi connectivity index (χ3v) is 5.95. The molecule has 1 amide bonds. The second kappa shape index (κ2) is 8.06. The molecule has 0 unspecified atom stereocenters. The summed E-state index contributed by atoms with van der Waals surface area (Å²) in [6.07, 6.45) is 10.2. The van der Waals surface area contributed by atoms with Crippen molar-refractivity contribution in [2.75, 3.05) is 25.0 Å². The first kappa shape index (κ1) is 18.7. The normalized spacial score (nSPS) is 20.3. The first-order chi connectivity index (χ1) is 12.5. The molecular formula is C20H29N3O3. The van der Waals surface area contributed by atoms with Crippen molar-refractivity contribution in [3.63, 3.8) is 0 Å². The highest BCUT2D eigenvalue weighted by Gasteiger charge is 2.45. The summed E-state index contributed by atoms with van der Waals surface area (Å²) >= 11 is 0. The molecule has 26 heavy (non-hydrogen) atoms. The predicted octanol–water partition coefficient (Wildman–Crippen LogP) is 3.32. The van der Waals surface area contributed by atoms with Gasteiger partial charge in [-0.05, 0) is 37.8 Å². The number of amides is 1. The van der Waals surface area contributed by atoms with Gasteiger partial charge in [-0.2, -0.15) is 0 Å².